The van der Waals surface area contributed by atoms with E-state index in [9.17, 15) is 23.2 Å². The Morgan fingerprint density at radius 1 is 0.975 bits per heavy atom. The number of halogens is 4. The van der Waals surface area contributed by atoms with E-state index in [4.69, 9.17) is 23.2 Å². The summed E-state index contributed by atoms with van der Waals surface area (Å²) in [4.78, 5) is 47.2. The minimum atomic E-state index is -0.752. The lowest BCUT2D eigenvalue weighted by atomic mass is 9.96. The first-order valence-corrected chi connectivity index (χ1v) is 12.7. The van der Waals surface area contributed by atoms with Gasteiger partial charge in [-0.15, -0.1) is 0 Å². The molecule has 0 bridgehead atoms. The normalized spacial score (nSPS) is 11.7. The van der Waals surface area contributed by atoms with E-state index in [1.165, 1.54) is 60.2 Å². The molecular formula is C28H23Cl2F2N5O3. The van der Waals surface area contributed by atoms with Gasteiger partial charge in [0, 0.05) is 16.5 Å². The van der Waals surface area contributed by atoms with Crippen LogP contribution in [0.1, 0.15) is 57.6 Å². The predicted octanol–water partition coefficient (Wildman–Crippen LogP) is 6.42. The van der Waals surface area contributed by atoms with Crippen LogP contribution in [0.25, 0.3) is 0 Å². The second kappa shape index (κ2) is 11.9. The molecule has 0 aliphatic heterocycles. The highest BCUT2D eigenvalue weighted by Gasteiger charge is 2.29. The molecule has 4 rings (SSSR count). The summed E-state index contributed by atoms with van der Waals surface area (Å²) < 4.78 is 29.6. The second-order valence-corrected chi connectivity index (χ2v) is 9.93. The number of benzene rings is 2. The van der Waals surface area contributed by atoms with Crippen LogP contribution in [0.15, 0.2) is 54.7 Å². The zero-order chi connectivity index (χ0) is 29.1. The number of hydrogen-bond acceptors (Lipinski definition) is 5. The van der Waals surface area contributed by atoms with E-state index in [1.807, 2.05) is 0 Å². The SMILES string of the molecule is CC(=O)Cn1c(C(=O)Nc2ccc(Cl)nc2)nc(NC(=O)c2cc(C)cc(F)c2)c1[C@@H](C)c1cc(F)ccc1Cl. The molecular weight excluding hydrogens is 563 g/mol. The third-order valence-corrected chi connectivity index (χ3v) is 6.51. The van der Waals surface area contributed by atoms with Crippen molar-refractivity contribution in [2.75, 3.05) is 10.6 Å². The topological polar surface area (TPSA) is 106 Å². The van der Waals surface area contributed by atoms with Gasteiger partial charge in [0.2, 0.25) is 5.82 Å². The molecule has 2 heterocycles. The number of carbonyl (C=O) groups is 3. The van der Waals surface area contributed by atoms with E-state index in [2.05, 4.69) is 20.6 Å². The van der Waals surface area contributed by atoms with Gasteiger partial charge in [-0.25, -0.2) is 18.7 Å². The van der Waals surface area contributed by atoms with Gasteiger partial charge in [-0.3, -0.25) is 14.4 Å². The number of carbonyl (C=O) groups excluding carboxylic acids is 3. The molecule has 0 aliphatic carbocycles. The number of nitrogens with one attached hydrogen (secondary N) is 2. The Morgan fingerprint density at radius 3 is 2.38 bits per heavy atom. The summed E-state index contributed by atoms with van der Waals surface area (Å²) in [6.45, 7) is 4.33. The molecule has 0 unspecified atom stereocenters. The maximum absolute atomic E-state index is 14.2. The van der Waals surface area contributed by atoms with Crippen molar-refractivity contribution in [1.82, 2.24) is 14.5 Å². The third-order valence-electron chi connectivity index (χ3n) is 5.95. The molecule has 12 heteroatoms. The van der Waals surface area contributed by atoms with Gasteiger partial charge in [-0.2, -0.15) is 0 Å². The van der Waals surface area contributed by atoms with Crippen molar-refractivity contribution >= 4 is 52.3 Å². The number of imidazole rings is 1. The van der Waals surface area contributed by atoms with Crippen LogP contribution < -0.4 is 10.6 Å². The Morgan fingerprint density at radius 2 is 1.73 bits per heavy atom. The number of ketones is 1. The minimum absolute atomic E-state index is 0.0132. The summed E-state index contributed by atoms with van der Waals surface area (Å²) in [5, 5.41) is 5.71. The molecule has 2 amide bonds. The molecule has 0 aliphatic rings. The molecule has 4 aromatic rings. The number of pyridine rings is 1. The Hall–Kier alpha value is -4.15. The summed E-state index contributed by atoms with van der Waals surface area (Å²) >= 11 is 12.2. The van der Waals surface area contributed by atoms with Crippen LogP contribution in [-0.4, -0.2) is 32.1 Å². The monoisotopic (exact) mass is 585 g/mol. The summed E-state index contributed by atoms with van der Waals surface area (Å²) in [6, 6.07) is 10.6. The average Bonchev–Trinajstić information content (AvgIpc) is 3.22. The Balaban J connectivity index is 1.86. The van der Waals surface area contributed by atoms with Crippen molar-refractivity contribution in [3.8, 4) is 0 Å². The largest absolute Gasteiger partial charge is 0.318 e. The van der Waals surface area contributed by atoms with Crippen molar-refractivity contribution in [1.29, 1.82) is 0 Å². The zero-order valence-corrected chi connectivity index (χ0v) is 23.1. The van der Waals surface area contributed by atoms with Crippen molar-refractivity contribution in [3.05, 3.63) is 105 Å². The maximum atomic E-state index is 14.2. The maximum Gasteiger partial charge on any atom is 0.291 e. The van der Waals surface area contributed by atoms with E-state index in [1.54, 1.807) is 13.8 Å². The van der Waals surface area contributed by atoms with Crippen molar-refractivity contribution in [3.63, 3.8) is 0 Å². The summed E-state index contributed by atoms with van der Waals surface area (Å²) in [5.74, 6) is -3.96. The first-order valence-electron chi connectivity index (χ1n) is 12.0. The lowest BCUT2D eigenvalue weighted by Gasteiger charge is -2.19. The summed E-state index contributed by atoms with van der Waals surface area (Å²) in [5.41, 5.74) is 1.37. The Kier molecular flexibility index (Phi) is 8.61. The van der Waals surface area contributed by atoms with Gasteiger partial charge < -0.3 is 15.2 Å². The molecule has 0 saturated carbocycles. The summed E-state index contributed by atoms with van der Waals surface area (Å²) in [7, 11) is 0. The van der Waals surface area contributed by atoms with Gasteiger partial charge >= 0.3 is 0 Å². The lowest BCUT2D eigenvalue weighted by molar-refractivity contribution is -0.117. The van der Waals surface area contributed by atoms with Crippen LogP contribution in [0.2, 0.25) is 10.2 Å². The number of rotatable bonds is 8. The van der Waals surface area contributed by atoms with Gasteiger partial charge in [0.1, 0.15) is 22.6 Å². The molecule has 2 aromatic heterocycles. The fourth-order valence-corrected chi connectivity index (χ4v) is 4.62. The number of anilines is 2. The molecule has 2 aromatic carbocycles. The van der Waals surface area contributed by atoms with Gasteiger partial charge in [0.05, 0.1) is 24.1 Å². The number of aryl methyl sites for hydroxylation is 1. The molecule has 0 spiro atoms. The molecule has 40 heavy (non-hydrogen) atoms. The van der Waals surface area contributed by atoms with E-state index in [0.29, 0.717) is 16.8 Å². The van der Waals surface area contributed by atoms with Crippen LogP contribution in [0.4, 0.5) is 20.3 Å². The first kappa shape index (κ1) is 28.8. The molecule has 2 N–H and O–H groups in total. The quantitative estimate of drug-likeness (QED) is 0.232. The van der Waals surface area contributed by atoms with E-state index in [0.717, 1.165) is 6.07 Å². The molecule has 0 fully saturated rings. The minimum Gasteiger partial charge on any atom is -0.318 e. The van der Waals surface area contributed by atoms with Crippen molar-refractivity contribution in [2.24, 2.45) is 0 Å². The smallest absolute Gasteiger partial charge is 0.291 e. The highest BCUT2D eigenvalue weighted by molar-refractivity contribution is 6.31. The average molecular weight is 586 g/mol. The number of aromatic nitrogens is 3. The lowest BCUT2D eigenvalue weighted by Crippen LogP contribution is -2.22. The fraction of sp³-hybridized carbons (Fsp3) is 0.179. The van der Waals surface area contributed by atoms with E-state index >= 15 is 0 Å². The fourth-order valence-electron chi connectivity index (χ4n) is 4.23. The summed E-state index contributed by atoms with van der Waals surface area (Å²) in [6.07, 6.45) is 1.34. The van der Waals surface area contributed by atoms with Gasteiger partial charge in [0.15, 0.2) is 5.82 Å². The van der Waals surface area contributed by atoms with Gasteiger partial charge in [-0.1, -0.05) is 30.1 Å². The van der Waals surface area contributed by atoms with Crippen LogP contribution in [0.5, 0.6) is 0 Å². The van der Waals surface area contributed by atoms with Gasteiger partial charge in [0.25, 0.3) is 11.8 Å². The number of Topliss-reactive ketones (excluding diaryl/α,β-unsaturated/α-hetero) is 1. The van der Waals surface area contributed by atoms with Crippen LogP contribution in [0.3, 0.4) is 0 Å². The van der Waals surface area contributed by atoms with Crippen molar-refractivity contribution < 1.29 is 23.2 Å². The molecule has 8 nitrogen and oxygen atoms in total. The zero-order valence-electron chi connectivity index (χ0n) is 21.6. The van der Waals surface area contributed by atoms with Crippen LogP contribution >= 0.6 is 23.2 Å². The Bertz CT molecular complexity index is 1600. The number of nitrogens with zero attached hydrogens (tertiary/aromatic N) is 3. The molecule has 0 radical (unpaired) electrons. The highest BCUT2D eigenvalue weighted by atomic mass is 35.5. The molecule has 0 saturated heterocycles. The second-order valence-electron chi connectivity index (χ2n) is 9.14. The Labute approximate surface area is 238 Å². The van der Waals surface area contributed by atoms with E-state index in [-0.39, 0.29) is 45.4 Å². The standard InChI is InChI=1S/C28H23Cl2F2N5O3/c1-14-8-17(10-19(32)9-14)27(39)36-25-24(16(3)21-11-18(31)4-6-22(21)29)37(13-15(2)38)26(35-25)28(40)34-20-5-7-23(30)33-12-20/h4-12,16H,13H2,1-3H3,(H,34,40)(H,36,39)/t16-/m0/s1. The van der Waals surface area contributed by atoms with Gasteiger partial charge in [-0.05, 0) is 73.5 Å². The predicted molar refractivity (Wildman–Crippen MR) is 148 cm³/mol. The molecule has 1 atom stereocenters. The van der Waals surface area contributed by atoms with Crippen molar-refractivity contribution in [2.45, 2.75) is 33.2 Å². The highest BCUT2D eigenvalue weighted by Crippen LogP contribution is 2.36. The number of hydrogen-bond donors (Lipinski definition) is 2. The van der Waals surface area contributed by atoms with Crippen LogP contribution in [-0.2, 0) is 11.3 Å². The number of amides is 2. The molecule has 206 valence electrons. The van der Waals surface area contributed by atoms with Crippen LogP contribution in [0, 0.1) is 18.6 Å². The third kappa shape index (κ3) is 6.52. The van der Waals surface area contributed by atoms with E-state index < -0.39 is 29.4 Å². The first-order chi connectivity index (χ1) is 18.9.